The molecule has 1 unspecified atom stereocenters. The molecule has 4 fully saturated rings. The first-order valence-corrected chi connectivity index (χ1v) is 21.4. The number of carbonyl (C=O) groups is 4. The number of amides is 4. The number of anilines is 2. The van der Waals surface area contributed by atoms with E-state index in [1.165, 1.54) is 0 Å². The SMILES string of the molecule is CC(C)(c1ccc(OCc2ccnc(N3CCN(C4CN(C5CCN(c6ccc7c(c6)C(=O)N(C6CCC(=O)NC6=O)C7=O)CC5)C4)CC3)n2)cc1)c1cc(Cl)cc(C#N)c1. The lowest BCUT2D eigenvalue weighted by Gasteiger charge is -2.52. The van der Waals surface area contributed by atoms with Gasteiger partial charge >= 0.3 is 0 Å². The number of nitrogens with zero attached hydrogens (tertiary/aromatic N) is 8. The number of hydrogen-bond donors (Lipinski definition) is 1. The van der Waals surface area contributed by atoms with E-state index in [1.807, 2.05) is 48.5 Å². The first-order valence-electron chi connectivity index (χ1n) is 21.1. The molecule has 15 heteroatoms. The Labute approximate surface area is 360 Å². The predicted octanol–water partition coefficient (Wildman–Crippen LogP) is 4.78. The van der Waals surface area contributed by atoms with Crippen molar-refractivity contribution in [2.45, 2.75) is 69.7 Å². The molecule has 4 saturated heterocycles. The fraction of sp³-hybridized carbons (Fsp3) is 0.413. The number of piperidine rings is 2. The first kappa shape index (κ1) is 40.5. The minimum atomic E-state index is -0.966. The Morgan fingerprint density at radius 2 is 1.54 bits per heavy atom. The lowest BCUT2D eigenvalue weighted by Crippen LogP contribution is -2.66. The summed E-state index contributed by atoms with van der Waals surface area (Å²) in [5.74, 6) is -0.472. The molecule has 0 saturated carbocycles. The van der Waals surface area contributed by atoms with Crippen LogP contribution in [0.25, 0.3) is 0 Å². The van der Waals surface area contributed by atoms with Crippen LogP contribution >= 0.6 is 11.6 Å². The van der Waals surface area contributed by atoms with Crippen LogP contribution in [0, 0.1) is 11.3 Å². The van der Waals surface area contributed by atoms with Crippen LogP contribution in [0.5, 0.6) is 5.75 Å². The first-order chi connectivity index (χ1) is 29.4. The van der Waals surface area contributed by atoms with Gasteiger partial charge in [0.1, 0.15) is 18.4 Å². The molecule has 0 radical (unpaired) electrons. The largest absolute Gasteiger partial charge is 0.487 e. The summed E-state index contributed by atoms with van der Waals surface area (Å²) in [5.41, 5.74) is 4.59. The highest BCUT2D eigenvalue weighted by Crippen LogP contribution is 2.36. The third kappa shape index (κ3) is 8.05. The normalized spacial score (nSPS) is 20.7. The maximum absolute atomic E-state index is 13.4. The van der Waals surface area contributed by atoms with Crippen molar-refractivity contribution in [3.05, 3.63) is 111 Å². The summed E-state index contributed by atoms with van der Waals surface area (Å²) in [4.78, 5) is 70.8. The van der Waals surface area contributed by atoms with Crippen molar-refractivity contribution in [1.29, 1.82) is 5.26 Å². The van der Waals surface area contributed by atoms with Gasteiger partial charge in [0.05, 0.1) is 28.5 Å². The fourth-order valence-electron chi connectivity index (χ4n) is 9.37. The molecule has 61 heavy (non-hydrogen) atoms. The van der Waals surface area contributed by atoms with Crippen LogP contribution in [0.3, 0.4) is 0 Å². The Morgan fingerprint density at radius 3 is 2.26 bits per heavy atom. The fourth-order valence-corrected chi connectivity index (χ4v) is 9.61. The zero-order valence-corrected chi connectivity index (χ0v) is 35.1. The van der Waals surface area contributed by atoms with E-state index >= 15 is 0 Å². The molecular formula is C46H48ClN9O5. The van der Waals surface area contributed by atoms with Crippen LogP contribution in [0.4, 0.5) is 11.6 Å². The number of nitriles is 1. The van der Waals surface area contributed by atoms with E-state index in [-0.39, 0.29) is 24.2 Å². The minimum absolute atomic E-state index is 0.0970. The van der Waals surface area contributed by atoms with Gasteiger partial charge in [-0.2, -0.15) is 5.26 Å². The number of imide groups is 2. The maximum atomic E-state index is 13.4. The molecule has 4 aromatic rings. The van der Waals surface area contributed by atoms with E-state index in [0.29, 0.717) is 40.4 Å². The van der Waals surface area contributed by atoms with Gasteiger partial charge < -0.3 is 14.5 Å². The summed E-state index contributed by atoms with van der Waals surface area (Å²) in [6, 6.07) is 23.0. The van der Waals surface area contributed by atoms with Gasteiger partial charge in [-0.25, -0.2) is 9.97 Å². The molecule has 5 aliphatic rings. The lowest BCUT2D eigenvalue weighted by atomic mass is 9.78. The predicted molar refractivity (Wildman–Crippen MR) is 229 cm³/mol. The number of rotatable bonds is 10. The molecule has 1 atom stereocenters. The highest BCUT2D eigenvalue weighted by Gasteiger charge is 2.45. The molecule has 3 aromatic carbocycles. The minimum Gasteiger partial charge on any atom is -0.487 e. The molecule has 6 heterocycles. The summed E-state index contributed by atoms with van der Waals surface area (Å²) in [5, 5.41) is 12.2. The molecule has 0 bridgehead atoms. The molecule has 1 N–H and O–H groups in total. The number of likely N-dealkylation sites (tertiary alicyclic amines) is 1. The van der Waals surface area contributed by atoms with Crippen molar-refractivity contribution in [3.8, 4) is 11.8 Å². The van der Waals surface area contributed by atoms with Crippen LogP contribution in [-0.4, -0.2) is 119 Å². The third-order valence-electron chi connectivity index (χ3n) is 13.2. The van der Waals surface area contributed by atoms with Crippen LogP contribution < -0.4 is 19.9 Å². The van der Waals surface area contributed by atoms with Gasteiger partial charge in [-0.15, -0.1) is 0 Å². The Morgan fingerprint density at radius 1 is 0.803 bits per heavy atom. The standard InChI is InChI=1S/C46H48ClN9O5/c1-46(2,31-21-29(25-48)22-32(47)23-31)30-3-6-37(7-4-30)61-28-33-11-14-49-45(50-33)54-19-17-53(18-20-54)36-26-55(27-36)34-12-15-52(16-13-34)35-5-8-38-39(24-35)44(60)56(43(38)59)40-9-10-41(57)51-42(40)58/h3-8,11,14,21-24,34,36,40H,9-10,12-13,15-20,26-28H2,1-2H3,(H,51,57,58). The highest BCUT2D eigenvalue weighted by molar-refractivity contribution is 6.30. The number of carbonyl (C=O) groups excluding carboxylic acids is 4. The number of ether oxygens (including phenoxy) is 1. The molecule has 1 aromatic heterocycles. The van der Waals surface area contributed by atoms with Crippen LogP contribution in [0.2, 0.25) is 5.02 Å². The number of hydrogen-bond acceptors (Lipinski definition) is 12. The van der Waals surface area contributed by atoms with Crippen LogP contribution in [-0.2, 0) is 21.6 Å². The maximum Gasteiger partial charge on any atom is 0.262 e. The molecule has 14 nitrogen and oxygen atoms in total. The van der Waals surface area contributed by atoms with E-state index in [9.17, 15) is 24.4 Å². The number of benzene rings is 3. The van der Waals surface area contributed by atoms with Crippen LogP contribution in [0.1, 0.15) is 82.6 Å². The third-order valence-corrected chi connectivity index (χ3v) is 13.4. The molecule has 0 spiro atoms. The topological polar surface area (TPSA) is 155 Å². The summed E-state index contributed by atoms with van der Waals surface area (Å²) in [7, 11) is 0. The summed E-state index contributed by atoms with van der Waals surface area (Å²) in [6.45, 7) is 12.0. The van der Waals surface area contributed by atoms with Crippen molar-refractivity contribution < 1.29 is 23.9 Å². The van der Waals surface area contributed by atoms with E-state index in [4.69, 9.17) is 21.3 Å². The van der Waals surface area contributed by atoms with Crippen molar-refractivity contribution in [1.82, 2.24) is 30.0 Å². The molecule has 314 valence electrons. The van der Waals surface area contributed by atoms with Crippen molar-refractivity contribution in [2.75, 3.05) is 62.2 Å². The van der Waals surface area contributed by atoms with Crippen molar-refractivity contribution in [2.24, 2.45) is 0 Å². The zero-order valence-electron chi connectivity index (χ0n) is 34.3. The quantitative estimate of drug-likeness (QED) is 0.219. The second kappa shape index (κ2) is 16.5. The monoisotopic (exact) mass is 841 g/mol. The Hall–Kier alpha value is -5.88. The number of nitrogens with one attached hydrogen (secondary N) is 1. The number of piperazine rings is 1. The zero-order chi connectivity index (χ0) is 42.4. The summed E-state index contributed by atoms with van der Waals surface area (Å²) in [6.07, 6.45) is 4.07. The second-order valence-electron chi connectivity index (χ2n) is 17.2. The Balaban J connectivity index is 0.717. The Kier molecular flexibility index (Phi) is 11.0. The number of fused-ring (bicyclic) bond motifs is 1. The average molecular weight is 842 g/mol. The molecular weight excluding hydrogens is 794 g/mol. The van der Waals surface area contributed by atoms with E-state index in [2.05, 4.69) is 49.8 Å². The van der Waals surface area contributed by atoms with Crippen molar-refractivity contribution >= 4 is 46.9 Å². The van der Waals surface area contributed by atoms with Gasteiger partial charge in [-0.1, -0.05) is 37.6 Å². The van der Waals surface area contributed by atoms with Gasteiger partial charge in [0.2, 0.25) is 17.8 Å². The lowest BCUT2D eigenvalue weighted by molar-refractivity contribution is -0.136. The van der Waals surface area contributed by atoms with Gasteiger partial charge in [-0.3, -0.25) is 39.2 Å². The van der Waals surface area contributed by atoms with E-state index in [0.717, 1.165) is 104 Å². The van der Waals surface area contributed by atoms with Gasteiger partial charge in [-0.05, 0) is 85.0 Å². The molecule has 5 aliphatic heterocycles. The average Bonchev–Trinajstić information content (AvgIpc) is 3.50. The summed E-state index contributed by atoms with van der Waals surface area (Å²) >= 11 is 6.30. The van der Waals surface area contributed by atoms with E-state index in [1.54, 1.807) is 24.4 Å². The van der Waals surface area contributed by atoms with Crippen LogP contribution in [0.15, 0.2) is 72.9 Å². The highest BCUT2D eigenvalue weighted by atomic mass is 35.5. The van der Waals surface area contributed by atoms with Gasteiger partial charge in [0.25, 0.3) is 11.8 Å². The molecule has 0 aliphatic carbocycles. The number of aromatic nitrogens is 2. The van der Waals surface area contributed by atoms with Gasteiger partial charge in [0, 0.05) is 93.2 Å². The van der Waals surface area contributed by atoms with Gasteiger partial charge in [0.15, 0.2) is 0 Å². The van der Waals surface area contributed by atoms with Crippen molar-refractivity contribution in [3.63, 3.8) is 0 Å². The molecule has 4 amide bonds. The molecule has 9 rings (SSSR count). The summed E-state index contributed by atoms with van der Waals surface area (Å²) < 4.78 is 6.14. The Bertz CT molecular complexity index is 2410. The second-order valence-corrected chi connectivity index (χ2v) is 17.6. The van der Waals surface area contributed by atoms with E-state index < -0.39 is 23.8 Å². The number of halogens is 1. The smallest absolute Gasteiger partial charge is 0.262 e.